The zero-order valence-electron chi connectivity index (χ0n) is 7.86. The van der Waals surface area contributed by atoms with Crippen LogP contribution in [0.3, 0.4) is 0 Å². The quantitative estimate of drug-likeness (QED) is 0.731. The van der Waals surface area contributed by atoms with Gasteiger partial charge in [-0.2, -0.15) is 4.98 Å². The number of carbonyl (C=O) groups excluding carboxylic acids is 1. The van der Waals surface area contributed by atoms with Gasteiger partial charge in [-0.15, -0.1) is 11.3 Å². The number of hydrogen-bond donors (Lipinski definition) is 1. The molecule has 1 rings (SSSR count). The molecule has 0 atom stereocenters. The summed E-state index contributed by atoms with van der Waals surface area (Å²) in [6.45, 7) is 0. The Morgan fingerprint density at radius 2 is 2.43 bits per heavy atom. The molecule has 0 amide bonds. The molecule has 6 heteroatoms. The Bertz CT molecular complexity index is 388. The summed E-state index contributed by atoms with van der Waals surface area (Å²) in [4.78, 5) is 26.3. The lowest BCUT2D eigenvalue weighted by Gasteiger charge is -2.00. The Morgan fingerprint density at radius 1 is 1.71 bits per heavy atom. The van der Waals surface area contributed by atoms with E-state index in [0.29, 0.717) is 10.0 Å². The van der Waals surface area contributed by atoms with Crippen molar-refractivity contribution in [1.29, 1.82) is 0 Å². The van der Waals surface area contributed by atoms with Gasteiger partial charge in [0.15, 0.2) is 5.13 Å². The van der Waals surface area contributed by atoms with Gasteiger partial charge in [-0.05, 0) is 0 Å². The van der Waals surface area contributed by atoms with Crippen LogP contribution in [-0.4, -0.2) is 25.1 Å². The van der Waals surface area contributed by atoms with Crippen molar-refractivity contribution in [3.8, 4) is 0 Å². The van der Waals surface area contributed by atoms with Crippen molar-refractivity contribution in [3.63, 3.8) is 0 Å². The predicted octanol–water partition coefficient (Wildman–Crippen LogP) is 0.260. The summed E-state index contributed by atoms with van der Waals surface area (Å²) < 4.78 is 4.49. The molecule has 0 bridgehead atoms. The van der Waals surface area contributed by atoms with Crippen LogP contribution >= 0.6 is 11.3 Å². The van der Waals surface area contributed by atoms with Gasteiger partial charge in [0.05, 0.1) is 13.5 Å². The van der Waals surface area contributed by atoms with Gasteiger partial charge in [0, 0.05) is 18.0 Å². The first-order valence-electron chi connectivity index (χ1n) is 3.91. The van der Waals surface area contributed by atoms with Gasteiger partial charge >= 0.3 is 5.97 Å². The predicted molar refractivity (Wildman–Crippen MR) is 53.7 cm³/mol. The average molecular weight is 214 g/mol. The first-order valence-corrected chi connectivity index (χ1v) is 4.73. The second-order valence-electron chi connectivity index (χ2n) is 2.47. The van der Waals surface area contributed by atoms with Crippen molar-refractivity contribution in [2.75, 3.05) is 19.5 Å². The highest BCUT2D eigenvalue weighted by molar-refractivity contribution is 7.15. The zero-order valence-corrected chi connectivity index (χ0v) is 8.68. The summed E-state index contributed by atoms with van der Waals surface area (Å²) in [5, 5.41) is 3.25. The maximum absolute atomic E-state index is 11.0. The van der Waals surface area contributed by atoms with Gasteiger partial charge in [0.25, 0.3) is 5.56 Å². The first kappa shape index (κ1) is 10.6. The van der Waals surface area contributed by atoms with Crippen LogP contribution in [0.2, 0.25) is 0 Å². The molecule has 0 saturated carbocycles. The van der Waals surface area contributed by atoms with Crippen LogP contribution in [0.5, 0.6) is 0 Å². The van der Waals surface area contributed by atoms with Crippen LogP contribution in [0.25, 0.3) is 0 Å². The van der Waals surface area contributed by atoms with Crippen molar-refractivity contribution in [3.05, 3.63) is 21.3 Å². The largest absolute Gasteiger partial charge is 0.469 e. The number of ether oxygens (including phenoxy) is 1. The Kier molecular flexibility index (Phi) is 3.58. The maximum Gasteiger partial charge on any atom is 0.310 e. The fraction of sp³-hybridized carbons (Fsp3) is 0.375. The third-order valence-electron chi connectivity index (χ3n) is 1.48. The molecule has 0 aliphatic rings. The monoisotopic (exact) mass is 214 g/mol. The topological polar surface area (TPSA) is 68.3 Å². The minimum absolute atomic E-state index is 0.105. The number of hydrogen-bond acceptors (Lipinski definition) is 6. The fourth-order valence-electron chi connectivity index (χ4n) is 0.855. The summed E-state index contributed by atoms with van der Waals surface area (Å²) >= 11 is 1.26. The van der Waals surface area contributed by atoms with Gasteiger partial charge in [0.1, 0.15) is 0 Å². The van der Waals surface area contributed by atoms with E-state index in [1.807, 2.05) is 0 Å². The Morgan fingerprint density at radius 3 is 3.00 bits per heavy atom. The molecule has 0 aliphatic carbocycles. The van der Waals surface area contributed by atoms with E-state index in [0.717, 1.165) is 0 Å². The molecule has 0 fully saturated rings. The van der Waals surface area contributed by atoms with E-state index in [1.165, 1.54) is 24.5 Å². The number of methoxy groups -OCH3 is 1. The highest BCUT2D eigenvalue weighted by Crippen LogP contribution is 2.13. The lowest BCUT2D eigenvalue weighted by atomic mass is 10.3. The normalized spacial score (nSPS) is 9.57. The number of rotatable bonds is 3. The Balaban J connectivity index is 2.92. The number of esters is 1. The molecule has 5 nitrogen and oxygen atoms in total. The average Bonchev–Trinajstić information content (AvgIpc) is 2.16. The van der Waals surface area contributed by atoms with E-state index in [9.17, 15) is 9.59 Å². The van der Waals surface area contributed by atoms with Crippen molar-refractivity contribution in [1.82, 2.24) is 4.98 Å². The first-order chi connectivity index (χ1) is 6.65. The molecule has 0 saturated heterocycles. The zero-order chi connectivity index (χ0) is 10.6. The van der Waals surface area contributed by atoms with Gasteiger partial charge in [-0.1, -0.05) is 0 Å². The second-order valence-corrected chi connectivity index (χ2v) is 3.59. The number of nitrogens with one attached hydrogen (secondary N) is 1. The summed E-state index contributed by atoms with van der Waals surface area (Å²) in [6, 6.07) is 1.34. The van der Waals surface area contributed by atoms with E-state index < -0.39 is 0 Å². The van der Waals surface area contributed by atoms with Gasteiger partial charge in [-0.3, -0.25) is 9.59 Å². The summed E-state index contributed by atoms with van der Waals surface area (Å²) in [5.74, 6) is -0.367. The smallest absolute Gasteiger partial charge is 0.310 e. The van der Waals surface area contributed by atoms with Crippen LogP contribution < -0.4 is 10.9 Å². The molecule has 76 valence electrons. The number of anilines is 1. The van der Waals surface area contributed by atoms with Crippen molar-refractivity contribution >= 4 is 22.4 Å². The number of nitrogens with zero attached hydrogens (tertiary/aromatic N) is 1. The molecule has 14 heavy (non-hydrogen) atoms. The van der Waals surface area contributed by atoms with Crippen LogP contribution in [0.1, 0.15) is 4.88 Å². The Labute approximate surface area is 84.7 Å². The molecular formula is C8H10N2O3S. The molecule has 0 radical (unpaired) electrons. The van der Waals surface area contributed by atoms with E-state index in [1.54, 1.807) is 7.05 Å². The highest BCUT2D eigenvalue weighted by Gasteiger charge is 2.06. The standard InChI is InChI=1S/C8H10N2O3S/c1-9-8-10-6(11)3-5(14-8)4-7(12)13-2/h3H,4H2,1-2H3,(H,9,10,11). The molecule has 1 heterocycles. The number of aromatic nitrogens is 1. The third-order valence-corrected chi connectivity index (χ3v) is 2.50. The van der Waals surface area contributed by atoms with Crippen LogP contribution in [-0.2, 0) is 16.0 Å². The second kappa shape index (κ2) is 4.71. The van der Waals surface area contributed by atoms with Gasteiger partial charge < -0.3 is 10.1 Å². The molecule has 0 aromatic carbocycles. The molecule has 0 spiro atoms. The third kappa shape index (κ3) is 2.81. The molecule has 1 aromatic heterocycles. The summed E-state index contributed by atoms with van der Waals surface area (Å²) in [6.07, 6.45) is 0.105. The lowest BCUT2D eigenvalue weighted by molar-refractivity contribution is -0.139. The van der Waals surface area contributed by atoms with Crippen molar-refractivity contribution < 1.29 is 9.53 Å². The molecule has 0 unspecified atom stereocenters. The molecular weight excluding hydrogens is 204 g/mol. The molecule has 0 aliphatic heterocycles. The van der Waals surface area contributed by atoms with Crippen LogP contribution in [0.4, 0.5) is 5.13 Å². The molecule has 1 N–H and O–H groups in total. The highest BCUT2D eigenvalue weighted by atomic mass is 32.1. The van der Waals surface area contributed by atoms with E-state index >= 15 is 0 Å². The molecule has 1 aromatic rings. The summed E-state index contributed by atoms with van der Waals surface area (Å²) in [5.41, 5.74) is -0.355. The maximum atomic E-state index is 11.0. The van der Waals surface area contributed by atoms with E-state index in [-0.39, 0.29) is 17.9 Å². The summed E-state index contributed by atoms with van der Waals surface area (Å²) in [7, 11) is 2.98. The van der Waals surface area contributed by atoms with Crippen LogP contribution in [0.15, 0.2) is 10.9 Å². The minimum atomic E-state index is -0.367. The van der Waals surface area contributed by atoms with Crippen molar-refractivity contribution in [2.24, 2.45) is 0 Å². The van der Waals surface area contributed by atoms with Crippen molar-refractivity contribution in [2.45, 2.75) is 6.42 Å². The van der Waals surface area contributed by atoms with E-state index in [2.05, 4.69) is 15.0 Å². The van der Waals surface area contributed by atoms with Crippen LogP contribution in [0, 0.1) is 0 Å². The van der Waals surface area contributed by atoms with Gasteiger partial charge in [0.2, 0.25) is 0 Å². The van der Waals surface area contributed by atoms with Gasteiger partial charge in [-0.25, -0.2) is 0 Å². The lowest BCUT2D eigenvalue weighted by Crippen LogP contribution is -2.10. The Hall–Kier alpha value is -1.43. The minimum Gasteiger partial charge on any atom is -0.469 e. The SMILES string of the molecule is CNc1nc(=O)cc(CC(=O)OC)s1. The number of carbonyl (C=O) groups is 1. The fourth-order valence-corrected chi connectivity index (χ4v) is 1.69. The van der Waals surface area contributed by atoms with E-state index in [4.69, 9.17) is 0 Å².